The largest absolute Gasteiger partial charge is 0.339 e. The van der Waals surface area contributed by atoms with Crippen molar-refractivity contribution in [1.82, 2.24) is 14.8 Å². The molecule has 0 aliphatic carbocycles. The lowest BCUT2D eigenvalue weighted by atomic mass is 10.1. The Balaban J connectivity index is 1.70. The summed E-state index contributed by atoms with van der Waals surface area (Å²) in [6.45, 7) is 3.45. The van der Waals surface area contributed by atoms with Gasteiger partial charge in [-0.25, -0.2) is 0 Å². The van der Waals surface area contributed by atoms with E-state index in [0.29, 0.717) is 42.5 Å². The Bertz CT molecular complexity index is 879. The Morgan fingerprint density at radius 2 is 1.70 bits per heavy atom. The minimum atomic E-state index is -0.445. The van der Waals surface area contributed by atoms with Crippen molar-refractivity contribution in [2.45, 2.75) is 6.92 Å². The van der Waals surface area contributed by atoms with E-state index in [9.17, 15) is 14.4 Å². The highest BCUT2D eigenvalue weighted by Crippen LogP contribution is 2.21. The van der Waals surface area contributed by atoms with E-state index in [2.05, 4.69) is 10.3 Å². The highest BCUT2D eigenvalue weighted by atomic mass is 35.5. The van der Waals surface area contributed by atoms with Crippen molar-refractivity contribution in [3.8, 4) is 0 Å². The van der Waals surface area contributed by atoms with Crippen LogP contribution in [0.3, 0.4) is 0 Å². The topological polar surface area (TPSA) is 82.6 Å². The van der Waals surface area contributed by atoms with E-state index >= 15 is 0 Å². The van der Waals surface area contributed by atoms with Gasteiger partial charge in [-0.05, 0) is 24.3 Å². The Morgan fingerprint density at radius 3 is 2.37 bits per heavy atom. The van der Waals surface area contributed by atoms with Gasteiger partial charge in [-0.2, -0.15) is 0 Å². The van der Waals surface area contributed by atoms with E-state index in [1.807, 2.05) is 0 Å². The maximum absolute atomic E-state index is 12.7. The molecule has 140 valence electrons. The summed E-state index contributed by atoms with van der Waals surface area (Å²) in [6.07, 6.45) is 1.43. The van der Waals surface area contributed by atoms with Gasteiger partial charge < -0.3 is 15.1 Å². The number of benzene rings is 1. The second kappa shape index (κ2) is 8.18. The Morgan fingerprint density at radius 1 is 1.04 bits per heavy atom. The highest BCUT2D eigenvalue weighted by molar-refractivity contribution is 6.33. The average Bonchev–Trinajstić information content (AvgIpc) is 2.69. The number of para-hydroxylation sites is 1. The summed E-state index contributed by atoms with van der Waals surface area (Å²) in [5, 5.41) is 3.11. The van der Waals surface area contributed by atoms with Crippen LogP contribution in [0.4, 0.5) is 5.69 Å². The molecule has 1 aromatic carbocycles. The van der Waals surface area contributed by atoms with Crippen LogP contribution in [0.5, 0.6) is 0 Å². The van der Waals surface area contributed by atoms with Crippen LogP contribution in [-0.4, -0.2) is 58.7 Å². The number of hydrogen-bond acceptors (Lipinski definition) is 4. The predicted octanol–water partition coefficient (Wildman–Crippen LogP) is 2.29. The molecule has 0 saturated carbocycles. The molecule has 1 saturated heterocycles. The van der Waals surface area contributed by atoms with Gasteiger partial charge in [0, 0.05) is 44.9 Å². The number of carbonyl (C=O) groups is 3. The van der Waals surface area contributed by atoms with E-state index in [1.165, 1.54) is 19.2 Å². The standard InChI is InChI=1S/C19H19ClN4O3/c1-13(25)23-8-10-24(11-9-23)19(27)14-6-7-21-17(12-14)18(26)22-16-5-3-2-4-15(16)20/h2-7,12H,8-11H2,1H3,(H,22,26). The summed E-state index contributed by atoms with van der Waals surface area (Å²) >= 11 is 6.05. The molecule has 1 aliphatic heterocycles. The maximum atomic E-state index is 12.7. The van der Waals surface area contributed by atoms with Gasteiger partial charge in [0.1, 0.15) is 5.69 Å². The number of aromatic nitrogens is 1. The predicted molar refractivity (Wildman–Crippen MR) is 102 cm³/mol. The molecule has 7 nitrogen and oxygen atoms in total. The lowest BCUT2D eigenvalue weighted by molar-refractivity contribution is -0.130. The van der Waals surface area contributed by atoms with Gasteiger partial charge >= 0.3 is 0 Å². The molecule has 1 N–H and O–H groups in total. The van der Waals surface area contributed by atoms with E-state index < -0.39 is 5.91 Å². The average molecular weight is 387 g/mol. The zero-order chi connectivity index (χ0) is 19.4. The smallest absolute Gasteiger partial charge is 0.274 e. The van der Waals surface area contributed by atoms with Gasteiger partial charge in [-0.1, -0.05) is 23.7 Å². The quantitative estimate of drug-likeness (QED) is 0.877. The summed E-state index contributed by atoms with van der Waals surface area (Å²) in [4.78, 5) is 44.0. The third kappa shape index (κ3) is 4.43. The molecule has 0 radical (unpaired) electrons. The van der Waals surface area contributed by atoms with Crippen LogP contribution in [0.25, 0.3) is 0 Å². The molecule has 0 unspecified atom stereocenters. The fraction of sp³-hybridized carbons (Fsp3) is 0.263. The van der Waals surface area contributed by atoms with E-state index in [-0.39, 0.29) is 17.5 Å². The lowest BCUT2D eigenvalue weighted by Gasteiger charge is -2.34. The number of anilines is 1. The van der Waals surface area contributed by atoms with Crippen molar-refractivity contribution >= 4 is 35.0 Å². The van der Waals surface area contributed by atoms with Gasteiger partial charge in [0.2, 0.25) is 5.91 Å². The van der Waals surface area contributed by atoms with Gasteiger partial charge in [-0.15, -0.1) is 0 Å². The molecule has 1 aliphatic rings. The summed E-state index contributed by atoms with van der Waals surface area (Å²) in [6, 6.07) is 9.92. The molecular formula is C19H19ClN4O3. The van der Waals surface area contributed by atoms with E-state index in [1.54, 1.807) is 40.1 Å². The molecule has 1 aromatic heterocycles. The summed E-state index contributed by atoms with van der Waals surface area (Å²) < 4.78 is 0. The molecule has 3 rings (SSSR count). The Labute approximate surface area is 161 Å². The zero-order valence-corrected chi connectivity index (χ0v) is 15.6. The van der Waals surface area contributed by atoms with Crippen LogP contribution in [0.2, 0.25) is 5.02 Å². The fourth-order valence-corrected chi connectivity index (χ4v) is 3.03. The Hall–Kier alpha value is -2.93. The number of pyridine rings is 1. The number of halogens is 1. The molecule has 2 heterocycles. The van der Waals surface area contributed by atoms with Crippen molar-refractivity contribution in [3.63, 3.8) is 0 Å². The van der Waals surface area contributed by atoms with Crippen molar-refractivity contribution in [1.29, 1.82) is 0 Å². The normalized spacial score (nSPS) is 14.0. The number of rotatable bonds is 3. The van der Waals surface area contributed by atoms with Crippen molar-refractivity contribution in [3.05, 3.63) is 58.9 Å². The minimum Gasteiger partial charge on any atom is -0.339 e. The molecule has 27 heavy (non-hydrogen) atoms. The van der Waals surface area contributed by atoms with Crippen LogP contribution < -0.4 is 5.32 Å². The SMILES string of the molecule is CC(=O)N1CCN(C(=O)c2ccnc(C(=O)Nc3ccccc3Cl)c2)CC1. The van der Waals surface area contributed by atoms with Gasteiger partial charge in [0.05, 0.1) is 10.7 Å². The van der Waals surface area contributed by atoms with Gasteiger partial charge in [0.25, 0.3) is 11.8 Å². The van der Waals surface area contributed by atoms with Crippen LogP contribution in [0.1, 0.15) is 27.8 Å². The number of nitrogens with zero attached hydrogens (tertiary/aromatic N) is 3. The van der Waals surface area contributed by atoms with Crippen molar-refractivity contribution in [2.75, 3.05) is 31.5 Å². The van der Waals surface area contributed by atoms with Crippen LogP contribution in [-0.2, 0) is 4.79 Å². The first-order valence-corrected chi connectivity index (χ1v) is 8.90. The molecular weight excluding hydrogens is 368 g/mol. The monoisotopic (exact) mass is 386 g/mol. The second-order valence-electron chi connectivity index (χ2n) is 6.16. The van der Waals surface area contributed by atoms with Gasteiger partial charge in [-0.3, -0.25) is 19.4 Å². The first-order chi connectivity index (χ1) is 13.0. The number of amides is 3. The van der Waals surface area contributed by atoms with Crippen LogP contribution >= 0.6 is 11.6 Å². The molecule has 2 aromatic rings. The van der Waals surface area contributed by atoms with Crippen molar-refractivity contribution < 1.29 is 14.4 Å². The molecule has 8 heteroatoms. The fourth-order valence-electron chi connectivity index (χ4n) is 2.84. The number of nitrogens with one attached hydrogen (secondary N) is 1. The first-order valence-electron chi connectivity index (χ1n) is 8.52. The highest BCUT2D eigenvalue weighted by Gasteiger charge is 2.24. The maximum Gasteiger partial charge on any atom is 0.274 e. The number of hydrogen-bond donors (Lipinski definition) is 1. The number of piperazine rings is 1. The first kappa shape index (κ1) is 18.8. The van der Waals surface area contributed by atoms with E-state index in [4.69, 9.17) is 11.6 Å². The van der Waals surface area contributed by atoms with Crippen molar-refractivity contribution in [2.24, 2.45) is 0 Å². The minimum absolute atomic E-state index is 0.00420. The summed E-state index contributed by atoms with van der Waals surface area (Å²) in [7, 11) is 0. The van der Waals surface area contributed by atoms with E-state index in [0.717, 1.165) is 0 Å². The molecule has 1 fully saturated rings. The lowest BCUT2D eigenvalue weighted by Crippen LogP contribution is -2.50. The molecule has 0 spiro atoms. The molecule has 3 amide bonds. The summed E-state index contributed by atoms with van der Waals surface area (Å²) in [5.41, 5.74) is 0.983. The van der Waals surface area contributed by atoms with Crippen LogP contribution in [0.15, 0.2) is 42.6 Å². The zero-order valence-electron chi connectivity index (χ0n) is 14.8. The van der Waals surface area contributed by atoms with Crippen LogP contribution in [0, 0.1) is 0 Å². The third-order valence-corrected chi connectivity index (χ3v) is 4.70. The second-order valence-corrected chi connectivity index (χ2v) is 6.57. The number of carbonyl (C=O) groups excluding carboxylic acids is 3. The third-order valence-electron chi connectivity index (χ3n) is 4.37. The molecule has 0 atom stereocenters. The molecule has 0 bridgehead atoms. The Kier molecular flexibility index (Phi) is 5.71. The van der Waals surface area contributed by atoms with Gasteiger partial charge in [0.15, 0.2) is 0 Å². The summed E-state index contributed by atoms with van der Waals surface area (Å²) in [5.74, 6) is -0.629.